The van der Waals surface area contributed by atoms with Gasteiger partial charge < -0.3 is 15.4 Å². The van der Waals surface area contributed by atoms with Gasteiger partial charge in [-0.05, 0) is 55.8 Å². The lowest BCUT2D eigenvalue weighted by Crippen LogP contribution is -2.18. The number of ether oxygens (including phenoxy) is 1. The van der Waals surface area contributed by atoms with E-state index in [1.54, 1.807) is 36.4 Å². The molecule has 5 nitrogen and oxygen atoms in total. The van der Waals surface area contributed by atoms with Gasteiger partial charge in [-0.15, -0.1) is 0 Å². The molecule has 3 aromatic rings. The zero-order chi connectivity index (χ0) is 20.1. The molecule has 5 heteroatoms. The molecule has 0 unspecified atom stereocenters. The highest BCUT2D eigenvalue weighted by atomic mass is 16.5. The Morgan fingerprint density at radius 3 is 2.21 bits per heavy atom. The lowest BCUT2D eigenvalue weighted by atomic mass is 10.1. The molecule has 0 aromatic heterocycles. The van der Waals surface area contributed by atoms with Crippen LogP contribution in [0.25, 0.3) is 0 Å². The fourth-order valence-corrected chi connectivity index (χ4v) is 2.90. The van der Waals surface area contributed by atoms with Gasteiger partial charge in [-0.3, -0.25) is 9.59 Å². The van der Waals surface area contributed by atoms with Crippen LogP contribution in [0, 0.1) is 13.8 Å². The third kappa shape index (κ3) is 4.38. The van der Waals surface area contributed by atoms with Crippen LogP contribution in [-0.4, -0.2) is 18.9 Å². The van der Waals surface area contributed by atoms with Crippen LogP contribution in [0.4, 0.5) is 11.4 Å². The van der Waals surface area contributed by atoms with Crippen molar-refractivity contribution in [2.24, 2.45) is 0 Å². The van der Waals surface area contributed by atoms with Gasteiger partial charge in [-0.2, -0.15) is 0 Å². The van der Waals surface area contributed by atoms with Crippen LogP contribution in [0.15, 0.2) is 66.7 Å². The maximum atomic E-state index is 12.8. The molecule has 0 radical (unpaired) electrons. The first kappa shape index (κ1) is 19.2. The molecule has 142 valence electrons. The van der Waals surface area contributed by atoms with Crippen LogP contribution >= 0.6 is 0 Å². The van der Waals surface area contributed by atoms with Crippen molar-refractivity contribution in [2.75, 3.05) is 17.7 Å². The van der Waals surface area contributed by atoms with Crippen molar-refractivity contribution < 1.29 is 14.3 Å². The summed E-state index contributed by atoms with van der Waals surface area (Å²) in [7, 11) is 1.52. The summed E-state index contributed by atoms with van der Waals surface area (Å²) in [4.78, 5) is 25.6. The second-order valence-electron chi connectivity index (χ2n) is 6.53. The number of benzene rings is 3. The van der Waals surface area contributed by atoms with Gasteiger partial charge >= 0.3 is 0 Å². The Morgan fingerprint density at radius 1 is 0.750 bits per heavy atom. The second kappa shape index (κ2) is 8.39. The molecule has 0 saturated carbocycles. The van der Waals surface area contributed by atoms with Crippen LogP contribution in [-0.2, 0) is 0 Å². The molecular weight excluding hydrogens is 352 g/mol. The number of nitrogens with one attached hydrogen (secondary N) is 2. The molecule has 0 spiro atoms. The molecule has 0 aliphatic rings. The molecule has 0 fully saturated rings. The van der Waals surface area contributed by atoms with Gasteiger partial charge in [-0.1, -0.05) is 35.9 Å². The minimum atomic E-state index is -0.337. The van der Waals surface area contributed by atoms with Crippen molar-refractivity contribution in [1.29, 1.82) is 0 Å². The molecule has 0 aliphatic carbocycles. The third-order valence-corrected chi connectivity index (χ3v) is 4.30. The molecule has 0 saturated heterocycles. The number of hydrogen-bond donors (Lipinski definition) is 2. The Kier molecular flexibility index (Phi) is 5.75. The molecule has 0 aliphatic heterocycles. The number of carbonyl (C=O) groups excluding carboxylic acids is 2. The van der Waals surface area contributed by atoms with E-state index >= 15 is 0 Å². The highest BCUT2D eigenvalue weighted by Crippen LogP contribution is 2.23. The van der Waals surface area contributed by atoms with Gasteiger partial charge in [0.2, 0.25) is 0 Å². The standard InChI is InChI=1S/C23H22N2O3/c1-15-7-6-8-17(13-15)24-22(26)18-9-4-5-10-20(18)25-23(27)19-14-16(2)11-12-21(19)28-3/h4-14H,1-3H3,(H,24,26)(H,25,27). The Hall–Kier alpha value is -3.60. The minimum absolute atomic E-state index is 0.294. The number of methoxy groups -OCH3 is 1. The summed E-state index contributed by atoms with van der Waals surface area (Å²) >= 11 is 0. The SMILES string of the molecule is COc1ccc(C)cc1C(=O)Nc1ccccc1C(=O)Nc1cccc(C)c1. The van der Waals surface area contributed by atoms with Crippen LogP contribution in [0.2, 0.25) is 0 Å². The summed E-state index contributed by atoms with van der Waals surface area (Å²) in [5.74, 6) is -0.154. The van der Waals surface area contributed by atoms with Crippen molar-refractivity contribution in [3.8, 4) is 5.75 Å². The Balaban J connectivity index is 1.85. The number of hydrogen-bond acceptors (Lipinski definition) is 3. The highest BCUT2D eigenvalue weighted by Gasteiger charge is 2.17. The smallest absolute Gasteiger partial charge is 0.259 e. The topological polar surface area (TPSA) is 67.4 Å². The molecule has 28 heavy (non-hydrogen) atoms. The van der Waals surface area contributed by atoms with Gasteiger partial charge in [0.05, 0.1) is 23.9 Å². The van der Waals surface area contributed by atoms with E-state index in [0.29, 0.717) is 28.3 Å². The molecule has 2 N–H and O–H groups in total. The molecule has 2 amide bonds. The van der Waals surface area contributed by atoms with Crippen LogP contribution in [0.5, 0.6) is 5.75 Å². The van der Waals surface area contributed by atoms with E-state index in [9.17, 15) is 9.59 Å². The minimum Gasteiger partial charge on any atom is -0.496 e. The largest absolute Gasteiger partial charge is 0.496 e. The molecule has 0 atom stereocenters. The second-order valence-corrected chi connectivity index (χ2v) is 6.53. The van der Waals surface area contributed by atoms with E-state index in [-0.39, 0.29) is 11.8 Å². The van der Waals surface area contributed by atoms with E-state index in [1.165, 1.54) is 7.11 Å². The normalized spacial score (nSPS) is 10.2. The molecule has 0 heterocycles. The molecule has 3 aromatic carbocycles. The number of aryl methyl sites for hydroxylation is 2. The van der Waals surface area contributed by atoms with Crippen molar-refractivity contribution in [3.63, 3.8) is 0 Å². The number of para-hydroxylation sites is 1. The molecular formula is C23H22N2O3. The maximum Gasteiger partial charge on any atom is 0.259 e. The average molecular weight is 374 g/mol. The van der Waals surface area contributed by atoms with Gasteiger partial charge in [0, 0.05) is 5.69 Å². The summed E-state index contributed by atoms with van der Waals surface area (Å²) in [6.07, 6.45) is 0. The van der Waals surface area contributed by atoms with E-state index in [0.717, 1.165) is 11.1 Å². The summed E-state index contributed by atoms with van der Waals surface area (Å²) in [5, 5.41) is 5.70. The van der Waals surface area contributed by atoms with Crippen molar-refractivity contribution in [2.45, 2.75) is 13.8 Å². The fourth-order valence-electron chi connectivity index (χ4n) is 2.90. The first-order valence-corrected chi connectivity index (χ1v) is 8.91. The lowest BCUT2D eigenvalue weighted by molar-refractivity contribution is 0.102. The molecule has 3 rings (SSSR count). The van der Waals surface area contributed by atoms with Crippen molar-refractivity contribution >= 4 is 23.2 Å². The predicted octanol–water partition coefficient (Wildman–Crippen LogP) is 4.82. The fraction of sp³-hybridized carbons (Fsp3) is 0.130. The van der Waals surface area contributed by atoms with Gasteiger partial charge in [0.25, 0.3) is 11.8 Å². The van der Waals surface area contributed by atoms with E-state index in [1.807, 2.05) is 44.2 Å². The predicted molar refractivity (Wildman–Crippen MR) is 111 cm³/mol. The summed E-state index contributed by atoms with van der Waals surface area (Å²) in [6, 6.07) is 19.8. The van der Waals surface area contributed by atoms with Gasteiger partial charge in [0.15, 0.2) is 0 Å². The Bertz CT molecular complexity index is 1030. The zero-order valence-electron chi connectivity index (χ0n) is 16.1. The Morgan fingerprint density at radius 2 is 1.46 bits per heavy atom. The Labute approximate surface area is 164 Å². The van der Waals surface area contributed by atoms with Gasteiger partial charge in [-0.25, -0.2) is 0 Å². The van der Waals surface area contributed by atoms with Crippen LogP contribution in [0.3, 0.4) is 0 Å². The van der Waals surface area contributed by atoms with Crippen LogP contribution < -0.4 is 15.4 Å². The number of amides is 2. The number of anilines is 2. The lowest BCUT2D eigenvalue weighted by Gasteiger charge is -2.13. The maximum absolute atomic E-state index is 12.8. The van der Waals surface area contributed by atoms with Crippen molar-refractivity contribution in [1.82, 2.24) is 0 Å². The number of rotatable bonds is 5. The van der Waals surface area contributed by atoms with Gasteiger partial charge in [0.1, 0.15) is 5.75 Å². The van der Waals surface area contributed by atoms with E-state index in [2.05, 4.69) is 10.6 Å². The average Bonchev–Trinajstić information content (AvgIpc) is 2.68. The molecule has 0 bridgehead atoms. The van der Waals surface area contributed by atoms with E-state index in [4.69, 9.17) is 4.74 Å². The first-order valence-electron chi connectivity index (χ1n) is 8.91. The van der Waals surface area contributed by atoms with E-state index < -0.39 is 0 Å². The summed E-state index contributed by atoms with van der Waals surface area (Å²) in [6.45, 7) is 3.86. The summed E-state index contributed by atoms with van der Waals surface area (Å²) in [5.41, 5.74) is 3.91. The summed E-state index contributed by atoms with van der Waals surface area (Å²) < 4.78 is 5.29. The number of carbonyl (C=O) groups is 2. The highest BCUT2D eigenvalue weighted by molar-refractivity contribution is 6.13. The third-order valence-electron chi connectivity index (χ3n) is 4.30. The quantitative estimate of drug-likeness (QED) is 0.673. The monoisotopic (exact) mass is 374 g/mol. The van der Waals surface area contributed by atoms with Crippen LogP contribution in [0.1, 0.15) is 31.8 Å². The van der Waals surface area contributed by atoms with Crippen molar-refractivity contribution in [3.05, 3.63) is 89.0 Å². The zero-order valence-corrected chi connectivity index (χ0v) is 16.1. The first-order chi connectivity index (χ1) is 13.5.